The van der Waals surface area contributed by atoms with Gasteiger partial charge < -0.3 is 15.1 Å². The van der Waals surface area contributed by atoms with Gasteiger partial charge in [0.2, 0.25) is 11.8 Å². The smallest absolute Gasteiger partial charge is 0.243 e. The largest absolute Gasteiger partial charge is 0.353 e. The molecule has 0 saturated carbocycles. The topological polar surface area (TPSA) is 52.7 Å². The van der Waals surface area contributed by atoms with Crippen LogP contribution in [0.4, 0.5) is 15.8 Å². The summed E-state index contributed by atoms with van der Waals surface area (Å²) >= 11 is 5.89. The molecule has 1 fully saturated rings. The Morgan fingerprint density at radius 2 is 1.76 bits per heavy atom. The summed E-state index contributed by atoms with van der Waals surface area (Å²) in [5.41, 5.74) is 1.87. The zero-order valence-electron chi connectivity index (χ0n) is 16.5. The van der Waals surface area contributed by atoms with Crippen molar-refractivity contribution in [3.8, 4) is 0 Å². The molecule has 5 nitrogen and oxygen atoms in total. The van der Waals surface area contributed by atoms with Gasteiger partial charge in [-0.25, -0.2) is 4.39 Å². The molecule has 29 heavy (non-hydrogen) atoms. The first-order chi connectivity index (χ1) is 13.9. The average molecular weight is 418 g/mol. The van der Waals surface area contributed by atoms with Gasteiger partial charge in [-0.2, -0.15) is 0 Å². The lowest BCUT2D eigenvalue weighted by Gasteiger charge is -2.30. The molecule has 1 heterocycles. The van der Waals surface area contributed by atoms with Gasteiger partial charge in [-0.15, -0.1) is 0 Å². The van der Waals surface area contributed by atoms with E-state index in [0.717, 1.165) is 43.6 Å². The number of rotatable bonds is 6. The van der Waals surface area contributed by atoms with Crippen molar-refractivity contribution >= 4 is 34.8 Å². The van der Waals surface area contributed by atoms with Crippen molar-refractivity contribution in [3.05, 3.63) is 58.9 Å². The van der Waals surface area contributed by atoms with Crippen molar-refractivity contribution in [2.45, 2.75) is 26.2 Å². The van der Waals surface area contributed by atoms with Crippen LogP contribution in [0, 0.1) is 12.7 Å². The number of aryl methyl sites for hydroxylation is 1. The van der Waals surface area contributed by atoms with Crippen molar-refractivity contribution < 1.29 is 14.0 Å². The summed E-state index contributed by atoms with van der Waals surface area (Å²) in [6, 6.07) is 11.6. The van der Waals surface area contributed by atoms with Crippen LogP contribution in [-0.4, -0.2) is 42.9 Å². The number of nitrogens with zero attached hydrogens (tertiary/aromatic N) is 2. The van der Waals surface area contributed by atoms with Crippen LogP contribution >= 0.6 is 11.6 Å². The minimum atomic E-state index is -0.561. The van der Waals surface area contributed by atoms with Crippen LogP contribution in [0.1, 0.15) is 24.8 Å². The molecule has 0 atom stereocenters. The summed E-state index contributed by atoms with van der Waals surface area (Å²) in [4.78, 5) is 28.9. The number of carbonyl (C=O) groups is 2. The molecule has 1 aliphatic heterocycles. The summed E-state index contributed by atoms with van der Waals surface area (Å²) < 4.78 is 13.9. The van der Waals surface area contributed by atoms with Crippen molar-refractivity contribution in [1.29, 1.82) is 0 Å². The molecule has 0 spiro atoms. The van der Waals surface area contributed by atoms with Gasteiger partial charge in [0.25, 0.3) is 0 Å². The Balaban J connectivity index is 1.73. The van der Waals surface area contributed by atoms with Crippen LogP contribution in [0.3, 0.4) is 0 Å². The summed E-state index contributed by atoms with van der Waals surface area (Å²) in [6.07, 6.45) is 3.15. The lowest BCUT2D eigenvalue weighted by Crippen LogP contribution is -2.45. The van der Waals surface area contributed by atoms with E-state index in [0.29, 0.717) is 5.02 Å². The first-order valence-corrected chi connectivity index (χ1v) is 10.1. The van der Waals surface area contributed by atoms with Gasteiger partial charge in [0.15, 0.2) is 0 Å². The molecule has 0 unspecified atom stereocenters. The zero-order valence-corrected chi connectivity index (χ0v) is 17.2. The Morgan fingerprint density at radius 3 is 2.45 bits per heavy atom. The number of carbonyl (C=O) groups excluding carboxylic acids is 2. The van der Waals surface area contributed by atoms with Crippen molar-refractivity contribution in [1.82, 2.24) is 4.90 Å². The minimum Gasteiger partial charge on any atom is -0.353 e. The predicted octanol–water partition coefficient (Wildman–Crippen LogP) is 4.25. The van der Waals surface area contributed by atoms with E-state index in [-0.39, 0.29) is 24.7 Å². The maximum absolute atomic E-state index is 13.9. The lowest BCUT2D eigenvalue weighted by molar-refractivity contribution is -0.130. The Bertz CT molecular complexity index is 867. The second-order valence-corrected chi connectivity index (χ2v) is 7.74. The van der Waals surface area contributed by atoms with Crippen LogP contribution < -0.4 is 10.2 Å². The van der Waals surface area contributed by atoms with E-state index in [1.54, 1.807) is 4.90 Å². The highest BCUT2D eigenvalue weighted by Crippen LogP contribution is 2.21. The number of anilines is 2. The summed E-state index contributed by atoms with van der Waals surface area (Å²) in [5.74, 6) is -0.987. The Morgan fingerprint density at radius 1 is 1.07 bits per heavy atom. The molecular formula is C22H25ClFN3O2. The number of halogens is 2. The van der Waals surface area contributed by atoms with Crippen molar-refractivity contribution in [2.75, 3.05) is 36.4 Å². The third-order valence-corrected chi connectivity index (χ3v) is 5.21. The molecule has 0 aromatic heterocycles. The molecule has 0 aliphatic carbocycles. The first-order valence-electron chi connectivity index (χ1n) is 9.76. The van der Waals surface area contributed by atoms with Gasteiger partial charge in [-0.3, -0.25) is 9.59 Å². The van der Waals surface area contributed by atoms with Crippen LogP contribution in [-0.2, 0) is 9.59 Å². The van der Waals surface area contributed by atoms with E-state index in [1.165, 1.54) is 18.2 Å². The van der Waals surface area contributed by atoms with E-state index in [4.69, 9.17) is 11.6 Å². The van der Waals surface area contributed by atoms with E-state index in [9.17, 15) is 14.0 Å². The molecule has 2 aromatic carbocycles. The number of benzene rings is 2. The third kappa shape index (κ3) is 5.94. The van der Waals surface area contributed by atoms with Crippen molar-refractivity contribution in [3.63, 3.8) is 0 Å². The van der Waals surface area contributed by atoms with Crippen LogP contribution in [0.5, 0.6) is 0 Å². The van der Waals surface area contributed by atoms with E-state index < -0.39 is 11.7 Å². The third-order valence-electron chi connectivity index (χ3n) is 4.97. The molecule has 154 valence electrons. The molecule has 2 amide bonds. The van der Waals surface area contributed by atoms with Crippen LogP contribution in [0.15, 0.2) is 42.5 Å². The number of likely N-dealkylation sites (tertiary alicyclic amines) is 1. The number of nitrogens with one attached hydrogen (secondary N) is 1. The summed E-state index contributed by atoms with van der Waals surface area (Å²) in [5, 5.41) is 2.88. The monoisotopic (exact) mass is 417 g/mol. The molecule has 0 bridgehead atoms. The fourth-order valence-electron chi connectivity index (χ4n) is 3.36. The van der Waals surface area contributed by atoms with Gasteiger partial charge in [-0.05, 0) is 56.5 Å². The van der Waals surface area contributed by atoms with Gasteiger partial charge in [0, 0.05) is 23.8 Å². The molecule has 3 rings (SSSR count). The Hall–Kier alpha value is -2.60. The fourth-order valence-corrected chi connectivity index (χ4v) is 3.53. The van der Waals surface area contributed by atoms with E-state index >= 15 is 0 Å². The molecule has 1 aliphatic rings. The maximum atomic E-state index is 13.9. The summed E-state index contributed by atoms with van der Waals surface area (Å²) in [6.45, 7) is 3.49. The van der Waals surface area contributed by atoms with E-state index in [2.05, 4.69) is 5.32 Å². The quantitative estimate of drug-likeness (QED) is 0.764. The number of hydrogen-bond donors (Lipinski definition) is 1. The maximum Gasteiger partial charge on any atom is 0.243 e. The SMILES string of the molecule is Cc1ccc(N(CC(=O)Nc2cc(Cl)ccc2F)CC(=O)N2CCCCC2)cc1. The highest BCUT2D eigenvalue weighted by molar-refractivity contribution is 6.30. The molecule has 1 N–H and O–H groups in total. The predicted molar refractivity (Wildman–Crippen MR) is 114 cm³/mol. The molecule has 2 aromatic rings. The van der Waals surface area contributed by atoms with Gasteiger partial charge in [0.05, 0.1) is 18.8 Å². The fraction of sp³-hybridized carbons (Fsp3) is 0.364. The lowest BCUT2D eigenvalue weighted by atomic mass is 10.1. The second-order valence-electron chi connectivity index (χ2n) is 7.31. The van der Waals surface area contributed by atoms with Crippen LogP contribution in [0.2, 0.25) is 5.02 Å². The molecule has 0 radical (unpaired) electrons. The zero-order chi connectivity index (χ0) is 20.8. The highest BCUT2D eigenvalue weighted by atomic mass is 35.5. The molecular weight excluding hydrogens is 393 g/mol. The molecule has 7 heteroatoms. The standard InChI is InChI=1S/C22H25ClFN3O2/c1-16-5-8-18(9-6-16)27(15-22(29)26-11-3-2-4-12-26)14-21(28)25-20-13-17(23)7-10-19(20)24/h5-10,13H,2-4,11-12,14-15H2,1H3,(H,25,28). The highest BCUT2D eigenvalue weighted by Gasteiger charge is 2.21. The van der Waals surface area contributed by atoms with Crippen molar-refractivity contribution in [2.24, 2.45) is 0 Å². The second kappa shape index (κ2) is 9.74. The minimum absolute atomic E-state index is 0.00740. The van der Waals surface area contributed by atoms with Gasteiger partial charge >= 0.3 is 0 Å². The molecule has 1 saturated heterocycles. The summed E-state index contributed by atoms with van der Waals surface area (Å²) in [7, 11) is 0. The van der Waals surface area contributed by atoms with Gasteiger partial charge in [-0.1, -0.05) is 29.3 Å². The first kappa shape index (κ1) is 21.1. The number of hydrogen-bond acceptors (Lipinski definition) is 3. The normalized spacial score (nSPS) is 13.8. The Labute approximate surface area is 175 Å². The van der Waals surface area contributed by atoms with Crippen LogP contribution in [0.25, 0.3) is 0 Å². The Kier molecular flexibility index (Phi) is 7.09. The van der Waals surface area contributed by atoms with E-state index in [1.807, 2.05) is 36.1 Å². The average Bonchev–Trinajstić information content (AvgIpc) is 2.71. The number of amides is 2. The van der Waals surface area contributed by atoms with Gasteiger partial charge in [0.1, 0.15) is 5.82 Å². The number of piperidine rings is 1.